The molecule has 0 saturated heterocycles. The van der Waals surface area contributed by atoms with Crippen molar-refractivity contribution < 1.29 is 4.74 Å². The first kappa shape index (κ1) is 11.9. The number of ether oxygens (including phenoxy) is 1. The lowest BCUT2D eigenvalue weighted by Gasteiger charge is -2.24. The lowest BCUT2D eigenvalue weighted by molar-refractivity contribution is 0.164. The second-order valence-corrected chi connectivity index (χ2v) is 6.44. The molecule has 1 N–H and O–H groups in total. The molecule has 1 heterocycles. The van der Waals surface area contributed by atoms with Crippen LogP contribution < -0.4 is 10.1 Å². The van der Waals surface area contributed by atoms with Crippen LogP contribution in [-0.2, 0) is 6.42 Å². The van der Waals surface area contributed by atoms with Crippen LogP contribution in [0, 0.1) is 11.3 Å². The Balaban J connectivity index is 1.63. The number of benzene rings is 1. The Hall–Kier alpha value is -1.18. The van der Waals surface area contributed by atoms with Crippen molar-refractivity contribution in [1.29, 1.82) is 0 Å². The summed E-state index contributed by atoms with van der Waals surface area (Å²) in [6, 6.07) is 6.45. The van der Waals surface area contributed by atoms with Crippen LogP contribution in [-0.4, -0.2) is 13.2 Å². The van der Waals surface area contributed by atoms with E-state index in [1.807, 2.05) is 0 Å². The molecule has 3 rings (SSSR count). The van der Waals surface area contributed by atoms with Gasteiger partial charge in [0.1, 0.15) is 5.75 Å². The van der Waals surface area contributed by atoms with Gasteiger partial charge in [-0.3, -0.25) is 0 Å². The van der Waals surface area contributed by atoms with Crippen LogP contribution in [0.4, 0.5) is 5.69 Å². The first-order valence-corrected chi connectivity index (χ1v) is 7.14. The van der Waals surface area contributed by atoms with Crippen molar-refractivity contribution in [2.75, 3.05) is 18.5 Å². The smallest absolute Gasteiger partial charge is 0.119 e. The van der Waals surface area contributed by atoms with Gasteiger partial charge in [-0.1, -0.05) is 20.3 Å². The van der Waals surface area contributed by atoms with E-state index in [1.54, 1.807) is 0 Å². The molecular formula is C16H23NO. The van der Waals surface area contributed by atoms with Crippen LogP contribution in [0.25, 0.3) is 0 Å². The van der Waals surface area contributed by atoms with Gasteiger partial charge in [-0.05, 0) is 48.9 Å². The topological polar surface area (TPSA) is 21.3 Å². The molecule has 1 aromatic rings. The summed E-state index contributed by atoms with van der Waals surface area (Å²) >= 11 is 0. The maximum Gasteiger partial charge on any atom is 0.119 e. The fourth-order valence-electron chi connectivity index (χ4n) is 3.40. The third-order valence-corrected chi connectivity index (χ3v) is 4.46. The lowest BCUT2D eigenvalue weighted by Crippen LogP contribution is -2.21. The van der Waals surface area contributed by atoms with Gasteiger partial charge >= 0.3 is 0 Å². The molecule has 2 unspecified atom stereocenters. The minimum absolute atomic E-state index is 0.386. The highest BCUT2D eigenvalue weighted by atomic mass is 16.5. The Labute approximate surface area is 110 Å². The van der Waals surface area contributed by atoms with E-state index in [0.717, 1.165) is 31.2 Å². The molecule has 1 aromatic carbocycles. The van der Waals surface area contributed by atoms with Crippen molar-refractivity contribution in [1.82, 2.24) is 0 Å². The van der Waals surface area contributed by atoms with Crippen LogP contribution in [0.2, 0.25) is 0 Å². The summed E-state index contributed by atoms with van der Waals surface area (Å²) in [7, 11) is 0. The van der Waals surface area contributed by atoms with E-state index in [9.17, 15) is 0 Å². The van der Waals surface area contributed by atoms with E-state index in [1.165, 1.54) is 30.5 Å². The highest BCUT2D eigenvalue weighted by molar-refractivity contribution is 5.57. The predicted octanol–water partition coefficient (Wildman–Crippen LogP) is 3.86. The minimum atomic E-state index is 0.386. The Kier molecular flexibility index (Phi) is 2.96. The standard InChI is InChI=1S/C16H23NO/c1-12-5-7-16(2,10-12)11-18-14-3-4-15-13(9-14)6-8-17-15/h3-4,9,12,17H,5-8,10-11H2,1-2H3. The van der Waals surface area contributed by atoms with Crippen molar-refractivity contribution in [2.24, 2.45) is 11.3 Å². The molecule has 1 saturated carbocycles. The summed E-state index contributed by atoms with van der Waals surface area (Å²) < 4.78 is 6.04. The van der Waals surface area contributed by atoms with Crippen molar-refractivity contribution in [3.8, 4) is 5.75 Å². The predicted molar refractivity (Wildman–Crippen MR) is 75.3 cm³/mol. The molecule has 0 amide bonds. The Bertz CT molecular complexity index is 443. The highest BCUT2D eigenvalue weighted by Gasteiger charge is 2.33. The fraction of sp³-hybridized carbons (Fsp3) is 0.625. The maximum absolute atomic E-state index is 6.04. The van der Waals surface area contributed by atoms with Gasteiger partial charge in [-0.15, -0.1) is 0 Å². The molecule has 1 aliphatic carbocycles. The highest BCUT2D eigenvalue weighted by Crippen LogP contribution is 2.41. The van der Waals surface area contributed by atoms with Crippen molar-refractivity contribution in [3.63, 3.8) is 0 Å². The maximum atomic E-state index is 6.04. The Morgan fingerprint density at radius 1 is 1.44 bits per heavy atom. The van der Waals surface area contributed by atoms with Crippen molar-refractivity contribution in [3.05, 3.63) is 23.8 Å². The Morgan fingerprint density at radius 3 is 3.11 bits per heavy atom. The summed E-state index contributed by atoms with van der Waals surface area (Å²) in [6.07, 6.45) is 5.09. The van der Waals surface area contributed by atoms with Gasteiger partial charge < -0.3 is 10.1 Å². The largest absolute Gasteiger partial charge is 0.493 e. The van der Waals surface area contributed by atoms with E-state index >= 15 is 0 Å². The van der Waals surface area contributed by atoms with E-state index in [4.69, 9.17) is 4.74 Å². The molecular weight excluding hydrogens is 222 g/mol. The van der Waals surface area contributed by atoms with E-state index in [-0.39, 0.29) is 0 Å². The number of rotatable bonds is 3. The van der Waals surface area contributed by atoms with Crippen LogP contribution >= 0.6 is 0 Å². The van der Waals surface area contributed by atoms with Crippen LogP contribution in [0.3, 0.4) is 0 Å². The van der Waals surface area contributed by atoms with Crippen molar-refractivity contribution >= 4 is 5.69 Å². The number of anilines is 1. The average Bonchev–Trinajstić information content (AvgIpc) is 2.93. The van der Waals surface area contributed by atoms with Crippen molar-refractivity contribution in [2.45, 2.75) is 39.5 Å². The second-order valence-electron chi connectivity index (χ2n) is 6.44. The molecule has 2 heteroatoms. The van der Waals surface area contributed by atoms with Gasteiger partial charge in [-0.25, -0.2) is 0 Å². The van der Waals surface area contributed by atoms with Crippen LogP contribution in [0.5, 0.6) is 5.75 Å². The zero-order valence-corrected chi connectivity index (χ0v) is 11.5. The number of hydrogen-bond donors (Lipinski definition) is 1. The van der Waals surface area contributed by atoms with Gasteiger partial charge in [-0.2, -0.15) is 0 Å². The van der Waals surface area contributed by atoms with Crippen LogP contribution in [0.1, 0.15) is 38.7 Å². The molecule has 0 spiro atoms. The molecule has 0 radical (unpaired) electrons. The fourth-order valence-corrected chi connectivity index (χ4v) is 3.40. The van der Waals surface area contributed by atoms with Gasteiger partial charge in [0, 0.05) is 17.6 Å². The average molecular weight is 245 g/mol. The summed E-state index contributed by atoms with van der Waals surface area (Å²) in [5.74, 6) is 1.90. The lowest BCUT2D eigenvalue weighted by atomic mass is 9.89. The summed E-state index contributed by atoms with van der Waals surface area (Å²) in [4.78, 5) is 0. The zero-order chi connectivity index (χ0) is 12.6. The zero-order valence-electron chi connectivity index (χ0n) is 11.5. The molecule has 1 aliphatic heterocycles. The van der Waals surface area contributed by atoms with Gasteiger partial charge in [0.25, 0.3) is 0 Å². The summed E-state index contributed by atoms with van der Waals surface area (Å²) in [5.41, 5.74) is 3.07. The molecule has 0 aromatic heterocycles. The number of fused-ring (bicyclic) bond motifs is 1. The molecule has 0 bridgehead atoms. The summed E-state index contributed by atoms with van der Waals surface area (Å²) in [6.45, 7) is 6.65. The quantitative estimate of drug-likeness (QED) is 0.873. The van der Waals surface area contributed by atoms with E-state index in [0.29, 0.717) is 5.41 Å². The number of hydrogen-bond acceptors (Lipinski definition) is 2. The third-order valence-electron chi connectivity index (χ3n) is 4.46. The number of nitrogens with one attached hydrogen (secondary N) is 1. The SMILES string of the molecule is CC1CCC(C)(COc2ccc3c(c2)CCN3)C1. The van der Waals surface area contributed by atoms with E-state index in [2.05, 4.69) is 37.4 Å². The molecule has 2 atom stereocenters. The van der Waals surface area contributed by atoms with E-state index < -0.39 is 0 Å². The molecule has 2 aliphatic rings. The first-order valence-electron chi connectivity index (χ1n) is 7.14. The summed E-state index contributed by atoms with van der Waals surface area (Å²) in [5, 5.41) is 3.38. The Morgan fingerprint density at radius 2 is 2.33 bits per heavy atom. The van der Waals surface area contributed by atoms with Gasteiger partial charge in [0.2, 0.25) is 0 Å². The normalized spacial score (nSPS) is 30.0. The van der Waals surface area contributed by atoms with Crippen LogP contribution in [0.15, 0.2) is 18.2 Å². The molecule has 18 heavy (non-hydrogen) atoms. The molecule has 2 nitrogen and oxygen atoms in total. The molecule has 98 valence electrons. The first-order chi connectivity index (χ1) is 8.65. The van der Waals surface area contributed by atoms with Gasteiger partial charge in [0.15, 0.2) is 0 Å². The molecule has 1 fully saturated rings. The minimum Gasteiger partial charge on any atom is -0.493 e. The second kappa shape index (κ2) is 4.49. The van der Waals surface area contributed by atoms with Gasteiger partial charge in [0.05, 0.1) is 6.61 Å². The monoisotopic (exact) mass is 245 g/mol. The third kappa shape index (κ3) is 2.33.